The lowest BCUT2D eigenvalue weighted by Gasteiger charge is -2.33. The van der Waals surface area contributed by atoms with Crippen LogP contribution in [0, 0.1) is 0 Å². The molecule has 0 spiro atoms. The van der Waals surface area contributed by atoms with Gasteiger partial charge in [-0.05, 0) is 18.1 Å². The standard InChI is InChI=1S/C15H30N2Si/c1-4-7-12-18(13-8-5-2,14-9-6-3)17-11-10-16-15-17/h10-11,15H,4-9,12-14H2,1-3H3. The number of nitrogens with zero attached hydrogens (tertiary/aromatic N) is 2. The van der Waals surface area contributed by atoms with Crippen LogP contribution >= 0.6 is 0 Å². The molecule has 0 aliphatic heterocycles. The Morgan fingerprint density at radius 3 is 1.72 bits per heavy atom. The van der Waals surface area contributed by atoms with E-state index in [1.54, 1.807) is 0 Å². The lowest BCUT2D eigenvalue weighted by Crippen LogP contribution is -2.42. The summed E-state index contributed by atoms with van der Waals surface area (Å²) < 4.78 is 2.54. The lowest BCUT2D eigenvalue weighted by molar-refractivity contribution is 0.767. The molecule has 0 atom stereocenters. The molecule has 104 valence electrons. The van der Waals surface area contributed by atoms with Crippen LogP contribution in [-0.2, 0) is 0 Å². The average molecular weight is 267 g/mol. The smallest absolute Gasteiger partial charge is 0.163 e. The van der Waals surface area contributed by atoms with E-state index in [0.717, 1.165) is 0 Å². The number of hydrogen-bond acceptors (Lipinski definition) is 1. The SMILES string of the molecule is CCCC[Si](CCCC)(CCCC)n1ccnc1. The van der Waals surface area contributed by atoms with Crippen LogP contribution in [-0.4, -0.2) is 17.5 Å². The van der Waals surface area contributed by atoms with Gasteiger partial charge in [-0.15, -0.1) is 0 Å². The minimum Gasteiger partial charge on any atom is -0.364 e. The average Bonchev–Trinajstić information content (AvgIpc) is 2.93. The van der Waals surface area contributed by atoms with E-state index in [9.17, 15) is 0 Å². The lowest BCUT2D eigenvalue weighted by atomic mass is 10.4. The van der Waals surface area contributed by atoms with Crippen molar-refractivity contribution in [2.45, 2.75) is 77.4 Å². The summed E-state index contributed by atoms with van der Waals surface area (Å²) in [6.07, 6.45) is 14.4. The van der Waals surface area contributed by atoms with E-state index in [4.69, 9.17) is 0 Å². The van der Waals surface area contributed by atoms with Crippen LogP contribution in [0.2, 0.25) is 18.1 Å². The molecule has 1 rings (SSSR count). The molecule has 0 unspecified atom stereocenters. The molecule has 0 aromatic carbocycles. The molecule has 0 fully saturated rings. The predicted molar refractivity (Wildman–Crippen MR) is 82.5 cm³/mol. The van der Waals surface area contributed by atoms with Crippen molar-refractivity contribution in [3.63, 3.8) is 0 Å². The third-order valence-electron chi connectivity index (χ3n) is 4.04. The molecule has 3 heteroatoms. The van der Waals surface area contributed by atoms with Crippen molar-refractivity contribution >= 4 is 8.24 Å². The van der Waals surface area contributed by atoms with Crippen LogP contribution in [0.25, 0.3) is 0 Å². The first-order valence-corrected chi connectivity index (χ1v) is 10.3. The quantitative estimate of drug-likeness (QED) is 0.540. The van der Waals surface area contributed by atoms with Gasteiger partial charge in [0.05, 0.1) is 6.33 Å². The molecule has 1 aromatic heterocycles. The van der Waals surface area contributed by atoms with Crippen molar-refractivity contribution in [1.82, 2.24) is 9.22 Å². The molecule has 0 aliphatic carbocycles. The number of hydrogen-bond donors (Lipinski definition) is 0. The van der Waals surface area contributed by atoms with Gasteiger partial charge in [0.1, 0.15) is 0 Å². The zero-order valence-electron chi connectivity index (χ0n) is 12.5. The second kappa shape index (κ2) is 8.52. The molecule has 0 aliphatic rings. The topological polar surface area (TPSA) is 17.8 Å². The Kier molecular flexibility index (Phi) is 7.33. The maximum absolute atomic E-state index is 4.31. The zero-order chi connectivity index (χ0) is 13.3. The Labute approximate surface area is 114 Å². The molecule has 0 amide bonds. The van der Waals surface area contributed by atoms with E-state index in [-0.39, 0.29) is 0 Å². The van der Waals surface area contributed by atoms with Gasteiger partial charge < -0.3 is 4.23 Å². The van der Waals surface area contributed by atoms with Crippen LogP contribution in [0.1, 0.15) is 59.3 Å². The van der Waals surface area contributed by atoms with Gasteiger partial charge in [0.15, 0.2) is 8.24 Å². The molecule has 0 saturated heterocycles. The fourth-order valence-electron chi connectivity index (χ4n) is 2.82. The third-order valence-corrected chi connectivity index (χ3v) is 9.25. The van der Waals surface area contributed by atoms with Crippen molar-refractivity contribution in [3.8, 4) is 0 Å². The van der Waals surface area contributed by atoms with Gasteiger partial charge in [-0.2, -0.15) is 0 Å². The first kappa shape index (κ1) is 15.5. The van der Waals surface area contributed by atoms with Crippen LogP contribution in [0.3, 0.4) is 0 Å². The minimum atomic E-state index is -1.33. The second-order valence-corrected chi connectivity index (χ2v) is 9.97. The van der Waals surface area contributed by atoms with E-state index in [0.29, 0.717) is 0 Å². The first-order chi connectivity index (χ1) is 8.79. The summed E-state index contributed by atoms with van der Waals surface area (Å²) in [5.74, 6) is 0. The van der Waals surface area contributed by atoms with Gasteiger partial charge in [0, 0.05) is 12.4 Å². The van der Waals surface area contributed by atoms with Crippen LogP contribution in [0.15, 0.2) is 18.7 Å². The Balaban J connectivity index is 2.84. The van der Waals surface area contributed by atoms with Crippen molar-refractivity contribution in [3.05, 3.63) is 18.7 Å². The highest BCUT2D eigenvalue weighted by Crippen LogP contribution is 2.29. The van der Waals surface area contributed by atoms with Gasteiger partial charge in [0.25, 0.3) is 0 Å². The molecule has 2 nitrogen and oxygen atoms in total. The summed E-state index contributed by atoms with van der Waals surface area (Å²) in [6, 6.07) is 4.33. The molecule has 1 aromatic rings. The summed E-state index contributed by atoms with van der Waals surface area (Å²) in [5, 5.41) is 0. The van der Waals surface area contributed by atoms with Crippen molar-refractivity contribution in [2.75, 3.05) is 0 Å². The third kappa shape index (κ3) is 4.27. The highest BCUT2D eigenvalue weighted by molar-refractivity contribution is 6.78. The molecular weight excluding hydrogens is 236 g/mol. The highest BCUT2D eigenvalue weighted by Gasteiger charge is 2.33. The van der Waals surface area contributed by atoms with Gasteiger partial charge >= 0.3 is 0 Å². The number of unbranched alkanes of at least 4 members (excludes halogenated alkanes) is 3. The predicted octanol–water partition coefficient (Wildman–Crippen LogP) is 5.08. The van der Waals surface area contributed by atoms with Gasteiger partial charge in [0.2, 0.25) is 0 Å². The number of imidazole rings is 1. The normalized spacial score (nSPS) is 11.9. The van der Waals surface area contributed by atoms with Crippen molar-refractivity contribution in [1.29, 1.82) is 0 Å². The first-order valence-electron chi connectivity index (χ1n) is 7.77. The summed E-state index contributed by atoms with van der Waals surface area (Å²) in [5.41, 5.74) is 0. The Morgan fingerprint density at radius 1 is 0.889 bits per heavy atom. The van der Waals surface area contributed by atoms with Crippen molar-refractivity contribution < 1.29 is 0 Å². The van der Waals surface area contributed by atoms with Gasteiger partial charge in [-0.3, -0.25) is 0 Å². The number of rotatable bonds is 10. The van der Waals surface area contributed by atoms with E-state index in [1.165, 1.54) is 56.7 Å². The van der Waals surface area contributed by atoms with E-state index < -0.39 is 8.24 Å². The molecule has 1 heterocycles. The fourth-order valence-corrected chi connectivity index (χ4v) is 8.07. The van der Waals surface area contributed by atoms with Gasteiger partial charge in [-0.25, -0.2) is 4.98 Å². The van der Waals surface area contributed by atoms with Crippen LogP contribution in [0.5, 0.6) is 0 Å². The summed E-state index contributed by atoms with van der Waals surface area (Å²) in [4.78, 5) is 4.31. The fraction of sp³-hybridized carbons (Fsp3) is 0.800. The van der Waals surface area contributed by atoms with Crippen LogP contribution in [0.4, 0.5) is 0 Å². The molecule has 0 saturated carbocycles. The van der Waals surface area contributed by atoms with E-state index in [1.807, 2.05) is 6.20 Å². The molecule has 0 N–H and O–H groups in total. The largest absolute Gasteiger partial charge is 0.364 e. The van der Waals surface area contributed by atoms with Crippen molar-refractivity contribution in [2.24, 2.45) is 0 Å². The Morgan fingerprint density at radius 2 is 1.39 bits per heavy atom. The Hall–Kier alpha value is -0.573. The number of aromatic nitrogens is 2. The second-order valence-electron chi connectivity index (χ2n) is 5.50. The molecule has 18 heavy (non-hydrogen) atoms. The summed E-state index contributed by atoms with van der Waals surface area (Å²) in [7, 11) is -1.33. The monoisotopic (exact) mass is 266 g/mol. The molecular formula is C15H30N2Si. The zero-order valence-corrected chi connectivity index (χ0v) is 13.5. The maximum atomic E-state index is 4.31. The molecule has 0 bridgehead atoms. The maximum Gasteiger partial charge on any atom is 0.163 e. The van der Waals surface area contributed by atoms with Crippen LogP contribution < -0.4 is 0 Å². The highest BCUT2D eigenvalue weighted by atomic mass is 28.3. The molecule has 0 radical (unpaired) electrons. The minimum absolute atomic E-state index is 1.32. The Bertz CT molecular complexity index is 274. The van der Waals surface area contributed by atoms with E-state index in [2.05, 4.69) is 42.5 Å². The summed E-state index contributed by atoms with van der Waals surface area (Å²) >= 11 is 0. The summed E-state index contributed by atoms with van der Waals surface area (Å²) in [6.45, 7) is 6.94. The van der Waals surface area contributed by atoms with E-state index >= 15 is 0 Å². The van der Waals surface area contributed by atoms with Gasteiger partial charge in [-0.1, -0.05) is 59.3 Å².